The molecule has 0 unspecified atom stereocenters. The number of anilines is 1. The molecule has 1 aliphatic heterocycles. The molecular weight excluding hydrogens is 300 g/mol. The third kappa shape index (κ3) is 3.54. The lowest BCUT2D eigenvalue weighted by Crippen LogP contribution is -2.37. The standard InChI is InChI=1S/C19H20N4O/c1-22(18-8-7-15(11-20)12-21-18)14-19(24)23-10-9-17(13-23)16-5-3-2-4-6-16/h2-8,12,17H,9-10,13-14H2,1H3/t17-/m0/s1. The van der Waals surface area contributed by atoms with Gasteiger partial charge in [0, 0.05) is 32.3 Å². The fraction of sp³-hybridized carbons (Fsp3) is 0.316. The van der Waals surface area contributed by atoms with Crippen molar-refractivity contribution in [2.24, 2.45) is 0 Å². The molecule has 1 aliphatic rings. The van der Waals surface area contributed by atoms with Crippen molar-refractivity contribution >= 4 is 11.7 Å². The van der Waals surface area contributed by atoms with Crippen molar-refractivity contribution < 1.29 is 4.79 Å². The first kappa shape index (κ1) is 16.0. The summed E-state index contributed by atoms with van der Waals surface area (Å²) in [5, 5.41) is 8.81. The molecule has 1 fully saturated rings. The SMILES string of the molecule is CN(CC(=O)N1CC[C@H](c2ccccc2)C1)c1ccc(C#N)cn1. The summed E-state index contributed by atoms with van der Waals surface area (Å²) < 4.78 is 0. The molecule has 0 spiro atoms. The number of rotatable bonds is 4. The van der Waals surface area contributed by atoms with Gasteiger partial charge in [0.1, 0.15) is 11.9 Å². The number of likely N-dealkylation sites (tertiary alicyclic amines) is 1. The minimum absolute atomic E-state index is 0.113. The average Bonchev–Trinajstić information content (AvgIpc) is 3.13. The molecule has 1 aromatic carbocycles. The van der Waals surface area contributed by atoms with Gasteiger partial charge in [-0.3, -0.25) is 4.79 Å². The molecule has 1 amide bonds. The van der Waals surface area contributed by atoms with Crippen molar-refractivity contribution in [3.8, 4) is 6.07 Å². The topological polar surface area (TPSA) is 60.2 Å². The van der Waals surface area contributed by atoms with Crippen LogP contribution in [0, 0.1) is 11.3 Å². The molecule has 0 bridgehead atoms. The van der Waals surface area contributed by atoms with Gasteiger partial charge in [-0.15, -0.1) is 0 Å². The number of hydrogen-bond donors (Lipinski definition) is 0. The predicted molar refractivity (Wildman–Crippen MR) is 92.6 cm³/mol. The van der Waals surface area contributed by atoms with Crippen LogP contribution in [0.4, 0.5) is 5.82 Å². The number of benzene rings is 1. The van der Waals surface area contributed by atoms with E-state index in [1.807, 2.05) is 41.1 Å². The first-order valence-corrected chi connectivity index (χ1v) is 8.07. The van der Waals surface area contributed by atoms with Crippen LogP contribution in [0.5, 0.6) is 0 Å². The molecule has 24 heavy (non-hydrogen) atoms. The van der Waals surface area contributed by atoms with E-state index in [0.717, 1.165) is 19.5 Å². The Labute approximate surface area is 142 Å². The zero-order chi connectivity index (χ0) is 16.9. The molecule has 1 atom stereocenters. The normalized spacial score (nSPS) is 16.7. The van der Waals surface area contributed by atoms with Crippen LogP contribution in [-0.4, -0.2) is 42.5 Å². The second kappa shape index (κ2) is 7.14. The average molecular weight is 320 g/mol. The van der Waals surface area contributed by atoms with Crippen LogP contribution in [-0.2, 0) is 4.79 Å². The number of likely N-dealkylation sites (N-methyl/N-ethyl adjacent to an activating group) is 1. The molecule has 2 heterocycles. The Balaban J connectivity index is 1.58. The van der Waals surface area contributed by atoms with Gasteiger partial charge in [0.25, 0.3) is 0 Å². The van der Waals surface area contributed by atoms with Crippen molar-refractivity contribution in [3.05, 3.63) is 59.8 Å². The lowest BCUT2D eigenvalue weighted by Gasteiger charge is -2.22. The fourth-order valence-corrected chi connectivity index (χ4v) is 3.05. The van der Waals surface area contributed by atoms with Gasteiger partial charge in [-0.1, -0.05) is 30.3 Å². The number of carbonyl (C=O) groups excluding carboxylic acids is 1. The van der Waals surface area contributed by atoms with Crippen LogP contribution in [0.25, 0.3) is 0 Å². The Morgan fingerprint density at radius 2 is 2.12 bits per heavy atom. The van der Waals surface area contributed by atoms with Crippen molar-refractivity contribution in [1.29, 1.82) is 5.26 Å². The van der Waals surface area contributed by atoms with Crippen molar-refractivity contribution in [2.45, 2.75) is 12.3 Å². The van der Waals surface area contributed by atoms with E-state index in [0.29, 0.717) is 23.8 Å². The highest BCUT2D eigenvalue weighted by Crippen LogP contribution is 2.27. The zero-order valence-corrected chi connectivity index (χ0v) is 13.7. The minimum atomic E-state index is 0.113. The number of nitrogens with zero attached hydrogens (tertiary/aromatic N) is 4. The Kier molecular flexibility index (Phi) is 4.76. The molecule has 2 aromatic rings. The molecular formula is C19H20N4O. The van der Waals surface area contributed by atoms with E-state index in [-0.39, 0.29) is 5.91 Å². The second-order valence-electron chi connectivity index (χ2n) is 6.11. The third-order valence-corrected chi connectivity index (χ3v) is 4.45. The number of hydrogen-bond acceptors (Lipinski definition) is 4. The predicted octanol–water partition coefficient (Wildman–Crippen LogP) is 2.41. The number of pyridine rings is 1. The van der Waals surface area contributed by atoms with Gasteiger partial charge in [0.15, 0.2) is 0 Å². The van der Waals surface area contributed by atoms with Gasteiger partial charge in [0.2, 0.25) is 5.91 Å². The van der Waals surface area contributed by atoms with E-state index in [1.165, 1.54) is 11.8 Å². The molecule has 0 aliphatic carbocycles. The maximum Gasteiger partial charge on any atom is 0.242 e. The summed E-state index contributed by atoms with van der Waals surface area (Å²) in [6.45, 7) is 1.87. The summed E-state index contributed by atoms with van der Waals surface area (Å²) in [5.74, 6) is 1.23. The molecule has 122 valence electrons. The summed E-state index contributed by atoms with van der Waals surface area (Å²) in [4.78, 5) is 20.5. The van der Waals surface area contributed by atoms with Gasteiger partial charge in [-0.2, -0.15) is 5.26 Å². The fourth-order valence-electron chi connectivity index (χ4n) is 3.05. The first-order chi connectivity index (χ1) is 11.7. The Hall–Kier alpha value is -2.87. The third-order valence-electron chi connectivity index (χ3n) is 4.45. The van der Waals surface area contributed by atoms with Gasteiger partial charge in [0.05, 0.1) is 12.1 Å². The Morgan fingerprint density at radius 3 is 2.79 bits per heavy atom. The lowest BCUT2D eigenvalue weighted by molar-refractivity contribution is -0.128. The number of nitriles is 1. The number of amides is 1. The molecule has 1 aromatic heterocycles. The number of aromatic nitrogens is 1. The van der Waals surface area contributed by atoms with Gasteiger partial charge < -0.3 is 9.80 Å². The highest BCUT2D eigenvalue weighted by molar-refractivity contribution is 5.81. The van der Waals surface area contributed by atoms with Gasteiger partial charge in [-0.25, -0.2) is 4.98 Å². The largest absolute Gasteiger partial charge is 0.350 e. The second-order valence-corrected chi connectivity index (χ2v) is 6.11. The van der Waals surface area contributed by atoms with Crippen LogP contribution >= 0.6 is 0 Å². The zero-order valence-electron chi connectivity index (χ0n) is 13.7. The molecule has 0 saturated carbocycles. The minimum Gasteiger partial charge on any atom is -0.350 e. The van der Waals surface area contributed by atoms with Gasteiger partial charge in [-0.05, 0) is 24.1 Å². The van der Waals surface area contributed by atoms with Crippen LogP contribution in [0.15, 0.2) is 48.7 Å². The van der Waals surface area contributed by atoms with E-state index in [2.05, 4.69) is 17.1 Å². The maximum atomic E-state index is 12.5. The van der Waals surface area contributed by atoms with Crippen LogP contribution < -0.4 is 4.90 Å². The number of carbonyl (C=O) groups is 1. The molecule has 5 nitrogen and oxygen atoms in total. The maximum absolute atomic E-state index is 12.5. The monoisotopic (exact) mass is 320 g/mol. The summed E-state index contributed by atoms with van der Waals surface area (Å²) in [5.41, 5.74) is 1.82. The van der Waals surface area contributed by atoms with Crippen LogP contribution in [0.2, 0.25) is 0 Å². The van der Waals surface area contributed by atoms with E-state index in [1.54, 1.807) is 12.1 Å². The van der Waals surface area contributed by atoms with Crippen molar-refractivity contribution in [3.63, 3.8) is 0 Å². The van der Waals surface area contributed by atoms with E-state index < -0.39 is 0 Å². The quantitative estimate of drug-likeness (QED) is 0.868. The molecule has 3 rings (SSSR count). The van der Waals surface area contributed by atoms with Gasteiger partial charge >= 0.3 is 0 Å². The molecule has 0 radical (unpaired) electrons. The smallest absolute Gasteiger partial charge is 0.242 e. The molecule has 1 saturated heterocycles. The lowest BCUT2D eigenvalue weighted by atomic mass is 9.99. The Bertz CT molecular complexity index is 736. The highest BCUT2D eigenvalue weighted by Gasteiger charge is 2.27. The van der Waals surface area contributed by atoms with Crippen LogP contribution in [0.1, 0.15) is 23.5 Å². The molecule has 0 N–H and O–H groups in total. The van der Waals surface area contributed by atoms with E-state index >= 15 is 0 Å². The molecule has 5 heteroatoms. The summed E-state index contributed by atoms with van der Waals surface area (Å²) >= 11 is 0. The highest BCUT2D eigenvalue weighted by atomic mass is 16.2. The van der Waals surface area contributed by atoms with E-state index in [4.69, 9.17) is 5.26 Å². The summed E-state index contributed by atoms with van der Waals surface area (Å²) in [7, 11) is 1.84. The van der Waals surface area contributed by atoms with Crippen LogP contribution in [0.3, 0.4) is 0 Å². The van der Waals surface area contributed by atoms with Crippen molar-refractivity contribution in [1.82, 2.24) is 9.88 Å². The first-order valence-electron chi connectivity index (χ1n) is 8.07. The van der Waals surface area contributed by atoms with E-state index in [9.17, 15) is 4.79 Å². The van der Waals surface area contributed by atoms with Crippen molar-refractivity contribution in [2.75, 3.05) is 31.6 Å². The Morgan fingerprint density at radius 1 is 1.33 bits per heavy atom. The summed E-state index contributed by atoms with van der Waals surface area (Å²) in [6.07, 6.45) is 2.53. The summed E-state index contributed by atoms with van der Waals surface area (Å²) in [6, 6.07) is 15.9.